The van der Waals surface area contributed by atoms with Crippen LogP contribution in [0.3, 0.4) is 0 Å². The van der Waals surface area contributed by atoms with Crippen molar-refractivity contribution in [3.05, 3.63) is 69.8 Å². The Kier molecular flexibility index (Phi) is 3.63. The van der Waals surface area contributed by atoms with Gasteiger partial charge in [-0.3, -0.25) is 14.9 Å². The number of rotatable bonds is 2. The molecule has 22 heavy (non-hydrogen) atoms. The zero-order valence-electron chi connectivity index (χ0n) is 12.2. The summed E-state index contributed by atoms with van der Waals surface area (Å²) in [5.74, 6) is 0.269. The lowest BCUT2D eigenvalue weighted by Gasteiger charge is -2.33. The van der Waals surface area contributed by atoms with Crippen LogP contribution >= 0.6 is 0 Å². The van der Waals surface area contributed by atoms with E-state index in [1.165, 1.54) is 24.3 Å². The quantitative estimate of drug-likeness (QED) is 0.630. The Morgan fingerprint density at radius 2 is 1.86 bits per heavy atom. The summed E-state index contributed by atoms with van der Waals surface area (Å²) in [4.78, 5) is 24.7. The molecule has 2 aromatic carbocycles. The van der Waals surface area contributed by atoms with Crippen molar-refractivity contribution in [1.82, 2.24) is 0 Å². The normalized spacial score (nSPS) is 17.0. The van der Waals surface area contributed by atoms with Crippen molar-refractivity contribution in [3.63, 3.8) is 0 Å². The summed E-state index contributed by atoms with van der Waals surface area (Å²) in [5, 5.41) is 10.7. The number of fused-ring (bicyclic) bond motifs is 1. The third-order valence-electron chi connectivity index (χ3n) is 3.92. The number of carbonyl (C=O) groups excluding carboxylic acids is 1. The molecule has 1 amide bonds. The van der Waals surface area contributed by atoms with Crippen LogP contribution in [0.4, 0.5) is 11.4 Å². The SMILES string of the molecule is CC1Cc2ccccc2N(C(=O)c2ccc([N+](=O)[O-])cc2)C1. The molecule has 0 radical (unpaired) electrons. The maximum atomic E-state index is 12.7. The Hall–Kier alpha value is -2.69. The summed E-state index contributed by atoms with van der Waals surface area (Å²) in [6.45, 7) is 2.78. The van der Waals surface area contributed by atoms with E-state index >= 15 is 0 Å². The maximum Gasteiger partial charge on any atom is 0.269 e. The van der Waals surface area contributed by atoms with Gasteiger partial charge in [-0.15, -0.1) is 0 Å². The number of benzene rings is 2. The molecule has 0 spiro atoms. The van der Waals surface area contributed by atoms with Gasteiger partial charge in [-0.2, -0.15) is 0 Å². The fraction of sp³-hybridized carbons (Fsp3) is 0.235. The molecule has 0 fully saturated rings. The lowest BCUT2D eigenvalue weighted by molar-refractivity contribution is -0.384. The third kappa shape index (κ3) is 2.57. The summed E-state index contributed by atoms with van der Waals surface area (Å²) in [6, 6.07) is 13.7. The molecule has 0 bridgehead atoms. The van der Waals surface area contributed by atoms with Crippen molar-refractivity contribution >= 4 is 17.3 Å². The minimum atomic E-state index is -0.466. The number of hydrogen-bond acceptors (Lipinski definition) is 3. The van der Waals surface area contributed by atoms with Gasteiger partial charge in [0.1, 0.15) is 0 Å². The van der Waals surface area contributed by atoms with E-state index in [1.54, 1.807) is 4.90 Å². The molecule has 0 N–H and O–H groups in total. The molecule has 112 valence electrons. The Bertz CT molecular complexity index is 725. The number of non-ortho nitro benzene ring substituents is 1. The molecular formula is C17H16N2O3. The molecular weight excluding hydrogens is 280 g/mol. The first-order valence-corrected chi connectivity index (χ1v) is 7.20. The lowest BCUT2D eigenvalue weighted by atomic mass is 9.93. The van der Waals surface area contributed by atoms with E-state index in [0.29, 0.717) is 18.0 Å². The molecule has 0 saturated heterocycles. The van der Waals surface area contributed by atoms with E-state index in [9.17, 15) is 14.9 Å². The topological polar surface area (TPSA) is 63.5 Å². The standard InChI is InChI=1S/C17H16N2O3/c1-12-10-14-4-2-3-5-16(14)18(11-12)17(20)13-6-8-15(9-7-13)19(21)22/h2-9,12H,10-11H2,1H3. The number of para-hydroxylation sites is 1. The highest BCUT2D eigenvalue weighted by Crippen LogP contribution is 2.30. The van der Waals surface area contributed by atoms with Crippen LogP contribution in [0.2, 0.25) is 0 Å². The molecule has 1 heterocycles. The number of amides is 1. The van der Waals surface area contributed by atoms with Crippen molar-refractivity contribution in [2.75, 3.05) is 11.4 Å². The number of anilines is 1. The third-order valence-corrected chi connectivity index (χ3v) is 3.92. The molecule has 2 aromatic rings. The molecule has 5 nitrogen and oxygen atoms in total. The fourth-order valence-electron chi connectivity index (χ4n) is 2.87. The fourth-order valence-corrected chi connectivity index (χ4v) is 2.87. The van der Waals surface area contributed by atoms with Crippen molar-refractivity contribution < 1.29 is 9.72 Å². The number of nitro groups is 1. The predicted octanol–water partition coefficient (Wildman–Crippen LogP) is 3.43. The summed E-state index contributed by atoms with van der Waals surface area (Å²) >= 11 is 0. The Morgan fingerprint density at radius 1 is 1.18 bits per heavy atom. The summed E-state index contributed by atoms with van der Waals surface area (Å²) in [6.07, 6.45) is 0.959. The molecule has 3 rings (SSSR count). The monoisotopic (exact) mass is 296 g/mol. The van der Waals surface area contributed by atoms with Gasteiger partial charge >= 0.3 is 0 Å². The van der Waals surface area contributed by atoms with Crippen LogP contribution in [-0.2, 0) is 6.42 Å². The molecule has 0 aromatic heterocycles. The summed E-state index contributed by atoms with van der Waals surface area (Å²) in [5.41, 5.74) is 2.55. The highest BCUT2D eigenvalue weighted by molar-refractivity contribution is 6.06. The molecule has 0 saturated carbocycles. The first kappa shape index (κ1) is 14.3. The highest BCUT2D eigenvalue weighted by atomic mass is 16.6. The van der Waals surface area contributed by atoms with Crippen LogP contribution in [0.5, 0.6) is 0 Å². The van der Waals surface area contributed by atoms with Crippen molar-refractivity contribution in [2.45, 2.75) is 13.3 Å². The van der Waals surface area contributed by atoms with E-state index in [2.05, 4.69) is 6.92 Å². The van der Waals surface area contributed by atoms with Gasteiger partial charge in [0.15, 0.2) is 0 Å². The van der Waals surface area contributed by atoms with Gasteiger partial charge in [-0.05, 0) is 36.1 Å². The van der Waals surface area contributed by atoms with Crippen LogP contribution in [0, 0.1) is 16.0 Å². The van der Waals surface area contributed by atoms with Gasteiger partial charge in [-0.25, -0.2) is 0 Å². The lowest BCUT2D eigenvalue weighted by Crippen LogP contribution is -2.39. The van der Waals surface area contributed by atoms with E-state index in [-0.39, 0.29) is 11.6 Å². The van der Waals surface area contributed by atoms with Gasteiger partial charge in [0.05, 0.1) is 4.92 Å². The van der Waals surface area contributed by atoms with Crippen LogP contribution < -0.4 is 4.90 Å². The van der Waals surface area contributed by atoms with E-state index < -0.39 is 4.92 Å². The average Bonchev–Trinajstić information content (AvgIpc) is 2.53. The predicted molar refractivity (Wildman–Crippen MR) is 84.1 cm³/mol. The summed E-state index contributed by atoms with van der Waals surface area (Å²) in [7, 11) is 0. The average molecular weight is 296 g/mol. The number of carbonyl (C=O) groups is 1. The van der Waals surface area contributed by atoms with Gasteiger partial charge < -0.3 is 4.90 Å². The molecule has 1 unspecified atom stereocenters. The maximum absolute atomic E-state index is 12.7. The Labute approximate surface area is 128 Å². The van der Waals surface area contributed by atoms with E-state index in [0.717, 1.165) is 17.7 Å². The molecule has 0 aliphatic carbocycles. The highest BCUT2D eigenvalue weighted by Gasteiger charge is 2.27. The van der Waals surface area contributed by atoms with Crippen LogP contribution in [0.15, 0.2) is 48.5 Å². The van der Waals surface area contributed by atoms with Gasteiger partial charge in [0, 0.05) is 29.9 Å². The number of hydrogen-bond donors (Lipinski definition) is 0. The van der Waals surface area contributed by atoms with Gasteiger partial charge in [0.2, 0.25) is 0 Å². The molecule has 1 aliphatic rings. The molecule has 1 atom stereocenters. The zero-order valence-corrected chi connectivity index (χ0v) is 12.2. The number of nitro benzene ring substituents is 1. The molecule has 1 aliphatic heterocycles. The second-order valence-electron chi connectivity index (χ2n) is 5.66. The smallest absolute Gasteiger partial charge is 0.269 e. The minimum absolute atomic E-state index is 0.0102. The Balaban J connectivity index is 1.93. The van der Waals surface area contributed by atoms with E-state index in [1.807, 2.05) is 24.3 Å². The first-order valence-electron chi connectivity index (χ1n) is 7.20. The largest absolute Gasteiger partial charge is 0.308 e. The van der Waals surface area contributed by atoms with Crippen molar-refractivity contribution in [1.29, 1.82) is 0 Å². The second kappa shape index (κ2) is 5.60. The first-order chi connectivity index (χ1) is 10.6. The molecule has 5 heteroatoms. The minimum Gasteiger partial charge on any atom is -0.308 e. The van der Waals surface area contributed by atoms with Gasteiger partial charge in [0.25, 0.3) is 11.6 Å². The number of nitrogens with zero attached hydrogens (tertiary/aromatic N) is 2. The zero-order chi connectivity index (χ0) is 15.7. The van der Waals surface area contributed by atoms with Crippen LogP contribution in [-0.4, -0.2) is 17.4 Å². The van der Waals surface area contributed by atoms with Gasteiger partial charge in [-0.1, -0.05) is 25.1 Å². The summed E-state index contributed by atoms with van der Waals surface area (Å²) < 4.78 is 0. The Morgan fingerprint density at radius 3 is 2.55 bits per heavy atom. The van der Waals surface area contributed by atoms with Crippen LogP contribution in [0.25, 0.3) is 0 Å². The second-order valence-corrected chi connectivity index (χ2v) is 5.66. The van der Waals surface area contributed by atoms with Crippen LogP contribution in [0.1, 0.15) is 22.8 Å². The van der Waals surface area contributed by atoms with E-state index in [4.69, 9.17) is 0 Å². The van der Waals surface area contributed by atoms with Crippen molar-refractivity contribution in [3.8, 4) is 0 Å². The van der Waals surface area contributed by atoms with Crippen molar-refractivity contribution in [2.24, 2.45) is 5.92 Å².